The lowest BCUT2D eigenvalue weighted by molar-refractivity contribution is 0.0481. The van der Waals surface area contributed by atoms with Crippen LogP contribution in [0.3, 0.4) is 0 Å². The van der Waals surface area contributed by atoms with E-state index in [-0.39, 0.29) is 5.76 Å². The first-order chi connectivity index (χ1) is 9.13. The number of fused-ring (bicyclic) bond motifs is 1. The zero-order valence-corrected chi connectivity index (χ0v) is 11.2. The van der Waals surface area contributed by atoms with E-state index in [0.29, 0.717) is 18.6 Å². The molecular formula is C14H20N2O3. The molecule has 3 heterocycles. The van der Waals surface area contributed by atoms with Gasteiger partial charge in [0.05, 0.1) is 6.54 Å². The third kappa shape index (κ3) is 2.53. The van der Waals surface area contributed by atoms with Crippen molar-refractivity contribution in [3.63, 3.8) is 0 Å². The fourth-order valence-electron chi connectivity index (χ4n) is 3.25. The number of hydrogen-bond donors (Lipinski definition) is 1. The van der Waals surface area contributed by atoms with Crippen LogP contribution in [0.5, 0.6) is 0 Å². The predicted molar refractivity (Wildman–Crippen MR) is 70.1 cm³/mol. The van der Waals surface area contributed by atoms with Gasteiger partial charge in [0.2, 0.25) is 5.76 Å². The molecule has 5 nitrogen and oxygen atoms in total. The van der Waals surface area contributed by atoms with Crippen LogP contribution in [0.1, 0.15) is 36.1 Å². The Hall–Kier alpha value is -1.33. The number of rotatable bonds is 3. The minimum atomic E-state index is -1.00. The third-order valence-corrected chi connectivity index (χ3v) is 4.30. The zero-order valence-electron chi connectivity index (χ0n) is 11.2. The highest BCUT2D eigenvalue weighted by molar-refractivity contribution is 5.84. The van der Waals surface area contributed by atoms with Crippen LogP contribution < -0.4 is 0 Å². The van der Waals surface area contributed by atoms with E-state index in [1.807, 2.05) is 0 Å². The van der Waals surface area contributed by atoms with E-state index in [9.17, 15) is 4.79 Å². The summed E-state index contributed by atoms with van der Waals surface area (Å²) in [5, 5.41) is 8.87. The Morgan fingerprint density at radius 1 is 1.47 bits per heavy atom. The van der Waals surface area contributed by atoms with Crippen LogP contribution in [0.2, 0.25) is 0 Å². The molecule has 2 aliphatic heterocycles. The molecule has 2 aliphatic rings. The van der Waals surface area contributed by atoms with E-state index in [4.69, 9.17) is 9.52 Å². The first-order valence-corrected chi connectivity index (χ1v) is 6.93. The normalized spacial score (nSPS) is 28.5. The molecule has 0 aromatic carbocycles. The van der Waals surface area contributed by atoms with Gasteiger partial charge < -0.3 is 9.52 Å². The summed E-state index contributed by atoms with van der Waals surface area (Å²) in [4.78, 5) is 15.8. The summed E-state index contributed by atoms with van der Waals surface area (Å²) in [6.45, 7) is 6.34. The molecule has 3 rings (SSSR count). The maximum atomic E-state index is 10.8. The number of hydrogen-bond acceptors (Lipinski definition) is 4. The number of carboxylic acid groups (broad SMARTS) is 1. The summed E-state index contributed by atoms with van der Waals surface area (Å²) in [5.41, 5.74) is 0. The maximum absolute atomic E-state index is 10.8. The van der Waals surface area contributed by atoms with Crippen molar-refractivity contribution in [2.45, 2.75) is 38.4 Å². The average molecular weight is 264 g/mol. The molecule has 0 bridgehead atoms. The van der Waals surface area contributed by atoms with Crippen LogP contribution in [-0.2, 0) is 6.54 Å². The van der Waals surface area contributed by atoms with Crippen molar-refractivity contribution < 1.29 is 14.3 Å². The molecule has 0 radical (unpaired) electrons. The minimum Gasteiger partial charge on any atom is -0.475 e. The van der Waals surface area contributed by atoms with Crippen molar-refractivity contribution in [2.75, 3.05) is 19.6 Å². The summed E-state index contributed by atoms with van der Waals surface area (Å²) < 4.78 is 5.35. The van der Waals surface area contributed by atoms with E-state index in [0.717, 1.165) is 18.8 Å². The van der Waals surface area contributed by atoms with Crippen LogP contribution in [0.4, 0.5) is 0 Å². The number of carboxylic acids is 1. The van der Waals surface area contributed by atoms with Crippen molar-refractivity contribution in [3.05, 3.63) is 23.7 Å². The molecule has 0 aliphatic carbocycles. The van der Waals surface area contributed by atoms with Gasteiger partial charge in [-0.1, -0.05) is 0 Å². The summed E-state index contributed by atoms with van der Waals surface area (Å²) >= 11 is 0. The second-order valence-electron chi connectivity index (χ2n) is 5.64. The SMILES string of the molecule is CC1CN2CCCC2CN1Cc1ccc(C(=O)O)o1. The van der Waals surface area contributed by atoms with E-state index in [1.165, 1.54) is 25.5 Å². The standard InChI is InChI=1S/C14H20N2O3/c1-10-7-15-6-2-3-11(15)8-16(10)9-12-4-5-13(19-12)14(17)18/h4-5,10-11H,2-3,6-9H2,1H3,(H,17,18). The maximum Gasteiger partial charge on any atom is 0.371 e. The van der Waals surface area contributed by atoms with Gasteiger partial charge in [-0.2, -0.15) is 0 Å². The largest absolute Gasteiger partial charge is 0.475 e. The van der Waals surface area contributed by atoms with Crippen LogP contribution >= 0.6 is 0 Å². The summed E-state index contributed by atoms with van der Waals surface area (Å²) in [5.74, 6) is -0.224. The van der Waals surface area contributed by atoms with Gasteiger partial charge in [0.25, 0.3) is 0 Å². The van der Waals surface area contributed by atoms with Gasteiger partial charge in [0.1, 0.15) is 5.76 Å². The Morgan fingerprint density at radius 3 is 3.05 bits per heavy atom. The first kappa shape index (κ1) is 12.7. The van der Waals surface area contributed by atoms with Gasteiger partial charge in [0.15, 0.2) is 0 Å². The minimum absolute atomic E-state index is 0.0298. The molecule has 0 amide bonds. The smallest absolute Gasteiger partial charge is 0.371 e. The molecule has 2 fully saturated rings. The highest BCUT2D eigenvalue weighted by Gasteiger charge is 2.34. The molecule has 19 heavy (non-hydrogen) atoms. The lowest BCUT2D eigenvalue weighted by Crippen LogP contribution is -2.54. The topological polar surface area (TPSA) is 56.9 Å². The second-order valence-corrected chi connectivity index (χ2v) is 5.64. The van der Waals surface area contributed by atoms with Crippen molar-refractivity contribution in [1.29, 1.82) is 0 Å². The summed E-state index contributed by atoms with van der Waals surface area (Å²) in [7, 11) is 0. The van der Waals surface area contributed by atoms with Gasteiger partial charge in [-0.25, -0.2) is 4.79 Å². The van der Waals surface area contributed by atoms with Crippen molar-refractivity contribution in [2.24, 2.45) is 0 Å². The van der Waals surface area contributed by atoms with Gasteiger partial charge in [-0.05, 0) is 38.4 Å². The fourth-order valence-corrected chi connectivity index (χ4v) is 3.25. The van der Waals surface area contributed by atoms with E-state index < -0.39 is 5.97 Å². The molecule has 1 aromatic heterocycles. The Balaban J connectivity index is 1.66. The molecule has 2 saturated heterocycles. The molecule has 2 atom stereocenters. The van der Waals surface area contributed by atoms with Crippen LogP contribution in [0, 0.1) is 0 Å². The molecule has 1 aromatic rings. The lowest BCUT2D eigenvalue weighted by Gasteiger charge is -2.41. The summed E-state index contributed by atoms with van der Waals surface area (Å²) in [6.07, 6.45) is 2.58. The number of piperazine rings is 1. The fraction of sp³-hybridized carbons (Fsp3) is 0.643. The van der Waals surface area contributed by atoms with Gasteiger partial charge in [-0.15, -0.1) is 0 Å². The van der Waals surface area contributed by atoms with Crippen LogP contribution in [-0.4, -0.2) is 52.6 Å². The Kier molecular flexibility index (Phi) is 3.33. The third-order valence-electron chi connectivity index (χ3n) is 4.30. The van der Waals surface area contributed by atoms with Crippen LogP contribution in [0.15, 0.2) is 16.5 Å². The van der Waals surface area contributed by atoms with Crippen molar-refractivity contribution in [1.82, 2.24) is 9.80 Å². The highest BCUT2D eigenvalue weighted by Crippen LogP contribution is 2.26. The average Bonchev–Trinajstić information content (AvgIpc) is 2.98. The quantitative estimate of drug-likeness (QED) is 0.899. The summed E-state index contributed by atoms with van der Waals surface area (Å²) in [6, 6.07) is 4.48. The van der Waals surface area contributed by atoms with Crippen LogP contribution in [0.25, 0.3) is 0 Å². The van der Waals surface area contributed by atoms with Gasteiger partial charge in [-0.3, -0.25) is 9.80 Å². The van der Waals surface area contributed by atoms with Gasteiger partial charge >= 0.3 is 5.97 Å². The molecule has 2 unspecified atom stereocenters. The number of carbonyl (C=O) groups is 1. The van der Waals surface area contributed by atoms with Crippen molar-refractivity contribution >= 4 is 5.97 Å². The monoisotopic (exact) mass is 264 g/mol. The lowest BCUT2D eigenvalue weighted by atomic mass is 10.1. The van der Waals surface area contributed by atoms with E-state index in [1.54, 1.807) is 6.07 Å². The van der Waals surface area contributed by atoms with Gasteiger partial charge in [0, 0.05) is 25.2 Å². The number of nitrogens with zero attached hydrogens (tertiary/aromatic N) is 2. The van der Waals surface area contributed by atoms with Crippen molar-refractivity contribution in [3.8, 4) is 0 Å². The molecular weight excluding hydrogens is 244 g/mol. The molecule has 5 heteroatoms. The Labute approximate surface area is 112 Å². The number of furan rings is 1. The molecule has 0 spiro atoms. The van der Waals surface area contributed by atoms with E-state index in [2.05, 4.69) is 16.7 Å². The Morgan fingerprint density at radius 2 is 2.32 bits per heavy atom. The second kappa shape index (κ2) is 4.98. The highest BCUT2D eigenvalue weighted by atomic mass is 16.4. The first-order valence-electron chi connectivity index (χ1n) is 6.93. The molecule has 0 saturated carbocycles. The molecule has 1 N–H and O–H groups in total. The molecule has 104 valence electrons. The Bertz CT molecular complexity index is 471. The zero-order chi connectivity index (χ0) is 13.4. The predicted octanol–water partition coefficient (Wildman–Crippen LogP) is 1.65. The number of aromatic carboxylic acids is 1. The van der Waals surface area contributed by atoms with E-state index >= 15 is 0 Å².